The van der Waals surface area contributed by atoms with Crippen LogP contribution in [0.5, 0.6) is 0 Å². The number of para-hydroxylation sites is 1. The largest absolute Gasteiger partial charge is 0.355 e. The number of halogens is 2. The molecule has 132 valence electrons. The minimum atomic E-state index is -0.249. The van der Waals surface area contributed by atoms with Gasteiger partial charge in [-0.2, -0.15) is 0 Å². The van der Waals surface area contributed by atoms with Crippen molar-refractivity contribution in [1.29, 1.82) is 0 Å². The van der Waals surface area contributed by atoms with Crippen LogP contribution in [0.2, 0.25) is 10.2 Å². The Kier molecular flexibility index (Phi) is 4.80. The molecule has 1 N–H and O–H groups in total. The highest BCUT2D eigenvalue weighted by Crippen LogP contribution is 2.30. The standard InChI is InChI=1S/C22H14Cl2N2O/c23-19-12-16(26-15-7-2-1-3-8-15)10-11-18(19)21(27)20-17-9-5-4-6-14(17)13-25-22(20)24/h1-13,26H. The molecular formula is C22H14Cl2N2O. The van der Waals surface area contributed by atoms with Gasteiger partial charge in [0.05, 0.1) is 10.6 Å². The molecule has 0 radical (unpaired) electrons. The summed E-state index contributed by atoms with van der Waals surface area (Å²) in [7, 11) is 0. The first kappa shape index (κ1) is 17.5. The number of pyridine rings is 1. The summed E-state index contributed by atoms with van der Waals surface area (Å²) in [5.74, 6) is -0.249. The maximum atomic E-state index is 13.1. The number of carbonyl (C=O) groups excluding carboxylic acids is 1. The second kappa shape index (κ2) is 7.39. The molecule has 1 aromatic heterocycles. The van der Waals surface area contributed by atoms with E-state index in [0.717, 1.165) is 22.1 Å². The monoisotopic (exact) mass is 392 g/mol. The van der Waals surface area contributed by atoms with Gasteiger partial charge in [0.2, 0.25) is 0 Å². The normalized spacial score (nSPS) is 10.7. The molecule has 0 amide bonds. The first-order chi connectivity index (χ1) is 13.1. The molecule has 0 saturated carbocycles. The number of fused-ring (bicyclic) bond motifs is 1. The number of nitrogens with one attached hydrogen (secondary N) is 1. The Morgan fingerprint density at radius 3 is 2.37 bits per heavy atom. The maximum absolute atomic E-state index is 13.1. The number of benzene rings is 3. The molecule has 0 saturated heterocycles. The first-order valence-electron chi connectivity index (χ1n) is 8.33. The summed E-state index contributed by atoms with van der Waals surface area (Å²) in [4.78, 5) is 17.3. The molecule has 1 heterocycles. The zero-order valence-electron chi connectivity index (χ0n) is 14.1. The fraction of sp³-hybridized carbons (Fsp3) is 0. The summed E-state index contributed by atoms with van der Waals surface area (Å²) in [6.45, 7) is 0. The second-order valence-electron chi connectivity index (χ2n) is 6.03. The van der Waals surface area contributed by atoms with Crippen molar-refractivity contribution in [3.8, 4) is 0 Å². The first-order valence-corrected chi connectivity index (χ1v) is 9.08. The Morgan fingerprint density at radius 1 is 0.852 bits per heavy atom. The Hall–Kier alpha value is -2.88. The summed E-state index contributed by atoms with van der Waals surface area (Å²) in [6.07, 6.45) is 1.66. The molecule has 4 aromatic rings. The Morgan fingerprint density at radius 2 is 1.59 bits per heavy atom. The Balaban J connectivity index is 1.72. The van der Waals surface area contributed by atoms with Crippen molar-refractivity contribution in [3.05, 3.63) is 100 Å². The number of rotatable bonds is 4. The smallest absolute Gasteiger partial charge is 0.198 e. The molecule has 0 bridgehead atoms. The molecule has 0 atom stereocenters. The van der Waals surface area contributed by atoms with Crippen LogP contribution in [0.1, 0.15) is 15.9 Å². The van der Waals surface area contributed by atoms with E-state index in [1.807, 2.05) is 60.7 Å². The van der Waals surface area contributed by atoms with Crippen LogP contribution in [-0.2, 0) is 0 Å². The van der Waals surface area contributed by atoms with Crippen molar-refractivity contribution in [1.82, 2.24) is 4.98 Å². The minimum absolute atomic E-state index is 0.168. The number of ketones is 1. The lowest BCUT2D eigenvalue weighted by atomic mass is 9.99. The lowest BCUT2D eigenvalue weighted by Crippen LogP contribution is -2.05. The van der Waals surface area contributed by atoms with E-state index < -0.39 is 0 Å². The van der Waals surface area contributed by atoms with E-state index in [1.165, 1.54) is 0 Å². The topological polar surface area (TPSA) is 42.0 Å². The van der Waals surface area contributed by atoms with Crippen LogP contribution in [0.3, 0.4) is 0 Å². The third-order valence-electron chi connectivity index (χ3n) is 4.26. The Bertz CT molecular complexity index is 1140. The molecule has 0 unspecified atom stereocenters. The average Bonchev–Trinajstić information content (AvgIpc) is 2.68. The lowest BCUT2D eigenvalue weighted by Gasteiger charge is -2.11. The number of carbonyl (C=O) groups is 1. The molecule has 0 aliphatic carbocycles. The van der Waals surface area contributed by atoms with Crippen LogP contribution >= 0.6 is 23.2 Å². The highest BCUT2D eigenvalue weighted by molar-refractivity contribution is 6.39. The average molecular weight is 393 g/mol. The molecule has 3 nitrogen and oxygen atoms in total. The molecule has 3 aromatic carbocycles. The van der Waals surface area contributed by atoms with Crippen LogP contribution in [0, 0.1) is 0 Å². The zero-order chi connectivity index (χ0) is 18.8. The van der Waals surface area contributed by atoms with Crippen molar-refractivity contribution in [2.45, 2.75) is 0 Å². The lowest BCUT2D eigenvalue weighted by molar-refractivity contribution is 0.104. The van der Waals surface area contributed by atoms with Gasteiger partial charge < -0.3 is 5.32 Å². The highest BCUT2D eigenvalue weighted by Gasteiger charge is 2.20. The van der Waals surface area contributed by atoms with Gasteiger partial charge in [0.1, 0.15) is 5.15 Å². The minimum Gasteiger partial charge on any atom is -0.355 e. The SMILES string of the molecule is O=C(c1ccc(Nc2ccccc2)cc1Cl)c1c(Cl)ncc2ccccc12. The molecule has 0 aliphatic rings. The van der Waals surface area contributed by atoms with Gasteiger partial charge in [0.15, 0.2) is 5.78 Å². The Labute approximate surface area is 166 Å². The molecular weight excluding hydrogens is 379 g/mol. The molecule has 0 spiro atoms. The van der Waals surface area contributed by atoms with E-state index in [-0.39, 0.29) is 10.9 Å². The fourth-order valence-corrected chi connectivity index (χ4v) is 3.46. The van der Waals surface area contributed by atoms with Crippen molar-refractivity contribution < 1.29 is 4.79 Å². The van der Waals surface area contributed by atoms with Crippen molar-refractivity contribution in [3.63, 3.8) is 0 Å². The number of hydrogen-bond donors (Lipinski definition) is 1. The molecule has 27 heavy (non-hydrogen) atoms. The zero-order valence-corrected chi connectivity index (χ0v) is 15.6. The third-order valence-corrected chi connectivity index (χ3v) is 4.86. The third kappa shape index (κ3) is 3.52. The quantitative estimate of drug-likeness (QED) is 0.317. The number of aromatic nitrogens is 1. The van der Waals surface area contributed by atoms with Gasteiger partial charge in [-0.15, -0.1) is 0 Å². The van der Waals surface area contributed by atoms with E-state index in [2.05, 4.69) is 10.3 Å². The fourth-order valence-electron chi connectivity index (χ4n) is 2.95. The van der Waals surface area contributed by atoms with Gasteiger partial charge in [-0.1, -0.05) is 65.7 Å². The van der Waals surface area contributed by atoms with Crippen molar-refractivity contribution >= 4 is 51.1 Å². The maximum Gasteiger partial charge on any atom is 0.198 e. The second-order valence-corrected chi connectivity index (χ2v) is 6.79. The van der Waals surface area contributed by atoms with Crippen LogP contribution in [0.15, 0.2) is 79.0 Å². The van der Waals surface area contributed by atoms with E-state index in [9.17, 15) is 4.79 Å². The van der Waals surface area contributed by atoms with Crippen LogP contribution in [0.4, 0.5) is 11.4 Å². The van der Waals surface area contributed by atoms with Crippen LogP contribution in [0.25, 0.3) is 10.8 Å². The van der Waals surface area contributed by atoms with E-state index in [4.69, 9.17) is 23.2 Å². The van der Waals surface area contributed by atoms with Crippen molar-refractivity contribution in [2.24, 2.45) is 0 Å². The number of hydrogen-bond acceptors (Lipinski definition) is 3. The molecule has 4 rings (SSSR count). The van der Waals surface area contributed by atoms with Crippen LogP contribution in [-0.4, -0.2) is 10.8 Å². The van der Waals surface area contributed by atoms with Crippen molar-refractivity contribution in [2.75, 3.05) is 5.32 Å². The summed E-state index contributed by atoms with van der Waals surface area (Å²) < 4.78 is 0. The van der Waals surface area contributed by atoms with Gasteiger partial charge in [-0.3, -0.25) is 4.79 Å². The van der Waals surface area contributed by atoms with Crippen LogP contribution < -0.4 is 5.32 Å². The highest BCUT2D eigenvalue weighted by atomic mass is 35.5. The predicted octanol–water partition coefficient (Wildman–Crippen LogP) is 6.52. The molecule has 0 fully saturated rings. The summed E-state index contributed by atoms with van der Waals surface area (Å²) >= 11 is 12.7. The predicted molar refractivity (Wildman–Crippen MR) is 111 cm³/mol. The van der Waals surface area contributed by atoms with Gasteiger partial charge in [0, 0.05) is 28.5 Å². The number of anilines is 2. The molecule has 0 aliphatic heterocycles. The van der Waals surface area contributed by atoms with E-state index in [0.29, 0.717) is 16.1 Å². The number of nitrogens with zero attached hydrogens (tertiary/aromatic N) is 1. The van der Waals surface area contributed by atoms with Gasteiger partial charge >= 0.3 is 0 Å². The summed E-state index contributed by atoms with van der Waals surface area (Å²) in [6, 6.07) is 22.5. The van der Waals surface area contributed by atoms with E-state index in [1.54, 1.807) is 18.3 Å². The van der Waals surface area contributed by atoms with E-state index >= 15 is 0 Å². The summed E-state index contributed by atoms with van der Waals surface area (Å²) in [5, 5.41) is 5.38. The van der Waals surface area contributed by atoms with Gasteiger partial charge in [-0.25, -0.2) is 4.98 Å². The summed E-state index contributed by atoms with van der Waals surface area (Å²) in [5.41, 5.74) is 2.48. The molecule has 5 heteroatoms. The van der Waals surface area contributed by atoms with Gasteiger partial charge in [-0.05, 0) is 35.7 Å². The van der Waals surface area contributed by atoms with Gasteiger partial charge in [0.25, 0.3) is 0 Å².